The second-order valence-corrected chi connectivity index (χ2v) is 6.50. The minimum absolute atomic E-state index is 0.0213. The third-order valence-corrected chi connectivity index (χ3v) is 4.71. The average Bonchev–Trinajstić information content (AvgIpc) is 2.51. The minimum Gasteiger partial charge on any atom is -0.383 e. The molecule has 1 fully saturated rings. The van der Waals surface area contributed by atoms with Crippen LogP contribution in [0, 0.1) is 0 Å². The zero-order valence-electron chi connectivity index (χ0n) is 13.9. The first kappa shape index (κ1) is 16.5. The summed E-state index contributed by atoms with van der Waals surface area (Å²) in [5.74, 6) is 0. The Kier molecular flexibility index (Phi) is 5.80. The van der Waals surface area contributed by atoms with Gasteiger partial charge in [-0.25, -0.2) is 0 Å². The van der Waals surface area contributed by atoms with E-state index in [0.717, 1.165) is 19.7 Å². The maximum absolute atomic E-state index is 5.47. The lowest BCUT2D eigenvalue weighted by molar-refractivity contribution is 0.0130. The summed E-state index contributed by atoms with van der Waals surface area (Å²) in [6.07, 6.45) is 2.40. The fraction of sp³-hybridized carbons (Fsp3) is 0.667. The largest absolute Gasteiger partial charge is 0.383 e. The number of hydrogen-bond acceptors (Lipinski definition) is 3. The number of ether oxygens (including phenoxy) is 1. The number of nitrogens with one attached hydrogen (secondary N) is 1. The van der Waals surface area contributed by atoms with Gasteiger partial charge in [0.2, 0.25) is 0 Å². The average molecular weight is 290 g/mol. The van der Waals surface area contributed by atoms with Crippen molar-refractivity contribution in [1.29, 1.82) is 0 Å². The van der Waals surface area contributed by atoms with Gasteiger partial charge in [0.05, 0.1) is 12.1 Å². The lowest BCUT2D eigenvalue weighted by atomic mass is 9.87. The number of nitrogens with zero attached hydrogens (tertiary/aromatic N) is 1. The maximum atomic E-state index is 5.47. The van der Waals surface area contributed by atoms with Crippen molar-refractivity contribution in [3.05, 3.63) is 35.9 Å². The highest BCUT2D eigenvalue weighted by Gasteiger charge is 2.37. The molecule has 21 heavy (non-hydrogen) atoms. The van der Waals surface area contributed by atoms with Crippen LogP contribution in [0.15, 0.2) is 30.3 Å². The lowest BCUT2D eigenvalue weighted by Crippen LogP contribution is -2.63. The van der Waals surface area contributed by atoms with Crippen molar-refractivity contribution in [2.24, 2.45) is 0 Å². The smallest absolute Gasteiger partial charge is 0.0618 e. The molecular formula is C18H30N2O. The molecule has 0 saturated carbocycles. The zero-order chi connectivity index (χ0) is 15.3. The molecule has 0 amide bonds. The van der Waals surface area contributed by atoms with Crippen LogP contribution in [0.25, 0.3) is 0 Å². The van der Waals surface area contributed by atoms with Crippen LogP contribution in [0.3, 0.4) is 0 Å². The summed E-state index contributed by atoms with van der Waals surface area (Å²) in [4.78, 5) is 2.64. The second-order valence-electron chi connectivity index (χ2n) is 6.50. The third kappa shape index (κ3) is 3.85. The standard InChI is InChI=1S/C18H30N2O/c1-5-9-17(13-21-4)20-14-18(3,19-12-15(20)2)16-10-7-6-8-11-16/h6-8,10-11,15,17,19H,5,9,12-14H2,1-4H3. The minimum atomic E-state index is 0.0213. The molecule has 1 N–H and O–H groups in total. The van der Waals surface area contributed by atoms with Gasteiger partial charge in [0, 0.05) is 32.3 Å². The number of hydrogen-bond donors (Lipinski definition) is 1. The van der Waals surface area contributed by atoms with E-state index in [2.05, 4.69) is 61.3 Å². The Bertz CT molecular complexity index is 416. The molecule has 3 heteroatoms. The summed E-state index contributed by atoms with van der Waals surface area (Å²) >= 11 is 0. The maximum Gasteiger partial charge on any atom is 0.0618 e. The van der Waals surface area contributed by atoms with Crippen LogP contribution in [0.2, 0.25) is 0 Å². The van der Waals surface area contributed by atoms with Crippen LogP contribution in [0.1, 0.15) is 39.2 Å². The Morgan fingerprint density at radius 1 is 1.38 bits per heavy atom. The van der Waals surface area contributed by atoms with Crippen molar-refractivity contribution in [3.63, 3.8) is 0 Å². The van der Waals surface area contributed by atoms with Gasteiger partial charge < -0.3 is 10.1 Å². The van der Waals surface area contributed by atoms with Crippen molar-refractivity contribution >= 4 is 0 Å². The molecule has 2 rings (SSSR count). The predicted molar refractivity (Wildman–Crippen MR) is 88.5 cm³/mol. The molecule has 0 aliphatic carbocycles. The molecule has 0 bridgehead atoms. The molecule has 3 atom stereocenters. The molecule has 1 aliphatic rings. The number of rotatable bonds is 6. The molecule has 0 spiro atoms. The molecule has 1 aromatic rings. The molecule has 1 heterocycles. The highest BCUT2D eigenvalue weighted by atomic mass is 16.5. The third-order valence-electron chi connectivity index (χ3n) is 4.71. The van der Waals surface area contributed by atoms with Crippen LogP contribution in [0.4, 0.5) is 0 Å². The van der Waals surface area contributed by atoms with Crippen molar-refractivity contribution in [2.75, 3.05) is 26.8 Å². The van der Waals surface area contributed by atoms with Gasteiger partial charge in [0.1, 0.15) is 0 Å². The van der Waals surface area contributed by atoms with Crippen LogP contribution in [0.5, 0.6) is 0 Å². The normalized spacial score (nSPS) is 28.5. The fourth-order valence-corrected chi connectivity index (χ4v) is 3.43. The van der Waals surface area contributed by atoms with Gasteiger partial charge in [-0.1, -0.05) is 43.7 Å². The van der Waals surface area contributed by atoms with Crippen molar-refractivity contribution in [2.45, 2.75) is 51.2 Å². The molecular weight excluding hydrogens is 260 g/mol. The number of benzene rings is 1. The van der Waals surface area contributed by atoms with E-state index in [1.807, 2.05) is 7.11 Å². The first-order chi connectivity index (χ1) is 10.1. The molecule has 0 radical (unpaired) electrons. The lowest BCUT2D eigenvalue weighted by Gasteiger charge is -2.48. The monoisotopic (exact) mass is 290 g/mol. The Balaban J connectivity index is 2.18. The van der Waals surface area contributed by atoms with Crippen LogP contribution in [-0.2, 0) is 10.3 Å². The number of piperazine rings is 1. The van der Waals surface area contributed by atoms with Gasteiger partial charge in [-0.2, -0.15) is 0 Å². The quantitative estimate of drug-likeness (QED) is 0.871. The highest BCUT2D eigenvalue weighted by molar-refractivity contribution is 5.25. The van der Waals surface area contributed by atoms with Gasteiger partial charge >= 0.3 is 0 Å². The summed E-state index contributed by atoms with van der Waals surface area (Å²) in [6, 6.07) is 11.9. The molecule has 3 unspecified atom stereocenters. The van der Waals surface area contributed by atoms with Gasteiger partial charge in [-0.15, -0.1) is 0 Å². The van der Waals surface area contributed by atoms with E-state index in [4.69, 9.17) is 4.74 Å². The van der Waals surface area contributed by atoms with E-state index in [9.17, 15) is 0 Å². The zero-order valence-corrected chi connectivity index (χ0v) is 13.9. The topological polar surface area (TPSA) is 24.5 Å². The second kappa shape index (κ2) is 7.39. The summed E-state index contributed by atoms with van der Waals surface area (Å²) in [5.41, 5.74) is 1.39. The summed E-state index contributed by atoms with van der Waals surface area (Å²) in [7, 11) is 1.81. The van der Waals surface area contributed by atoms with E-state index >= 15 is 0 Å². The molecule has 3 nitrogen and oxygen atoms in total. The molecule has 1 saturated heterocycles. The van der Waals surface area contributed by atoms with E-state index in [1.54, 1.807) is 0 Å². The SMILES string of the molecule is CCCC(COC)N1CC(C)(c2ccccc2)NCC1C. The molecule has 0 aromatic heterocycles. The highest BCUT2D eigenvalue weighted by Crippen LogP contribution is 2.28. The molecule has 1 aliphatic heterocycles. The van der Waals surface area contributed by atoms with Gasteiger partial charge in [0.25, 0.3) is 0 Å². The van der Waals surface area contributed by atoms with Crippen molar-refractivity contribution in [1.82, 2.24) is 10.2 Å². The Labute approximate surface area is 129 Å². The molecule has 1 aromatic carbocycles. The van der Waals surface area contributed by atoms with Crippen molar-refractivity contribution < 1.29 is 4.74 Å². The van der Waals surface area contributed by atoms with E-state index in [0.29, 0.717) is 12.1 Å². The Hall–Kier alpha value is -0.900. The van der Waals surface area contributed by atoms with E-state index in [1.165, 1.54) is 18.4 Å². The first-order valence-corrected chi connectivity index (χ1v) is 8.16. The summed E-state index contributed by atoms with van der Waals surface area (Å²) < 4.78 is 5.47. The van der Waals surface area contributed by atoms with Gasteiger partial charge in [-0.05, 0) is 25.8 Å². The van der Waals surface area contributed by atoms with E-state index in [-0.39, 0.29) is 5.54 Å². The van der Waals surface area contributed by atoms with Crippen LogP contribution in [-0.4, -0.2) is 43.8 Å². The van der Waals surface area contributed by atoms with Crippen LogP contribution >= 0.6 is 0 Å². The fourth-order valence-electron chi connectivity index (χ4n) is 3.43. The van der Waals surface area contributed by atoms with Crippen LogP contribution < -0.4 is 5.32 Å². The first-order valence-electron chi connectivity index (χ1n) is 8.16. The van der Waals surface area contributed by atoms with Gasteiger partial charge in [-0.3, -0.25) is 4.90 Å². The predicted octanol–water partition coefficient (Wildman–Crippen LogP) is 3.01. The Morgan fingerprint density at radius 3 is 2.71 bits per heavy atom. The van der Waals surface area contributed by atoms with Crippen molar-refractivity contribution in [3.8, 4) is 0 Å². The van der Waals surface area contributed by atoms with E-state index < -0.39 is 0 Å². The summed E-state index contributed by atoms with van der Waals surface area (Å²) in [6.45, 7) is 9.77. The summed E-state index contributed by atoms with van der Waals surface area (Å²) in [5, 5.41) is 3.75. The number of methoxy groups -OCH3 is 1. The molecule has 118 valence electrons. The Morgan fingerprint density at radius 2 is 2.10 bits per heavy atom. The van der Waals surface area contributed by atoms with Gasteiger partial charge in [0.15, 0.2) is 0 Å².